The Balaban J connectivity index is 1.26. The number of alkyl halides is 3. The number of rotatable bonds is 4. The van der Waals surface area contributed by atoms with E-state index in [2.05, 4.69) is 5.32 Å². The van der Waals surface area contributed by atoms with E-state index in [1.165, 1.54) is 37.0 Å². The van der Waals surface area contributed by atoms with Crippen molar-refractivity contribution in [3.05, 3.63) is 0 Å². The summed E-state index contributed by atoms with van der Waals surface area (Å²) in [7, 11) is 0. The van der Waals surface area contributed by atoms with Crippen molar-refractivity contribution in [2.45, 2.75) is 44.7 Å². The Kier molecular flexibility index (Phi) is 4.30. The lowest BCUT2D eigenvalue weighted by molar-refractivity contribution is -0.144. The second-order valence-electron chi connectivity index (χ2n) is 8.71. The van der Waals surface area contributed by atoms with Crippen LogP contribution in [0.5, 0.6) is 0 Å². The average Bonchev–Trinajstić information content (AvgIpc) is 2.89. The molecule has 1 aliphatic heterocycles. The summed E-state index contributed by atoms with van der Waals surface area (Å²) in [6, 6.07) is 0. The average molecular weight is 344 g/mol. The minimum absolute atomic E-state index is 0.160. The van der Waals surface area contributed by atoms with E-state index in [4.69, 9.17) is 0 Å². The molecule has 0 unspecified atom stereocenters. The van der Waals surface area contributed by atoms with Crippen LogP contribution in [-0.2, 0) is 4.79 Å². The predicted molar refractivity (Wildman–Crippen MR) is 84.1 cm³/mol. The van der Waals surface area contributed by atoms with Gasteiger partial charge in [0.2, 0.25) is 5.91 Å². The van der Waals surface area contributed by atoms with Gasteiger partial charge in [-0.2, -0.15) is 13.2 Å². The van der Waals surface area contributed by atoms with E-state index in [1.54, 1.807) is 0 Å². The molecule has 1 N–H and O–H groups in total. The zero-order chi connectivity index (χ0) is 16.9. The highest BCUT2D eigenvalue weighted by Crippen LogP contribution is 2.56. The first-order chi connectivity index (χ1) is 11.4. The van der Waals surface area contributed by atoms with Gasteiger partial charge >= 0.3 is 6.18 Å². The molecule has 3 nitrogen and oxygen atoms in total. The summed E-state index contributed by atoms with van der Waals surface area (Å²) < 4.78 is 37.3. The number of carbonyl (C=O) groups excluding carboxylic acids is 1. The highest BCUT2D eigenvalue weighted by Gasteiger charge is 2.50. The molecule has 1 atom stereocenters. The van der Waals surface area contributed by atoms with Crippen molar-refractivity contribution in [1.82, 2.24) is 10.2 Å². The molecule has 0 radical (unpaired) electrons. The maximum absolute atomic E-state index is 12.7. The van der Waals surface area contributed by atoms with E-state index in [1.807, 2.05) is 0 Å². The third-order valence-electron chi connectivity index (χ3n) is 6.87. The molecule has 1 amide bonds. The van der Waals surface area contributed by atoms with Crippen molar-refractivity contribution in [2.24, 2.45) is 35.5 Å². The number of hydrogen-bond donors (Lipinski definition) is 1. The zero-order valence-electron chi connectivity index (χ0n) is 14.0. The third kappa shape index (κ3) is 3.44. The lowest BCUT2D eigenvalue weighted by atomic mass is 9.51. The van der Waals surface area contributed by atoms with E-state index in [0.29, 0.717) is 31.5 Å². The van der Waals surface area contributed by atoms with Crippen LogP contribution in [0.3, 0.4) is 0 Å². The first-order valence-electron chi connectivity index (χ1n) is 9.44. The molecule has 1 saturated heterocycles. The molecule has 4 aliphatic carbocycles. The highest BCUT2D eigenvalue weighted by atomic mass is 19.4. The van der Waals surface area contributed by atoms with Crippen molar-refractivity contribution >= 4 is 5.91 Å². The summed E-state index contributed by atoms with van der Waals surface area (Å²) in [5, 5.41) is 3.09. The minimum Gasteiger partial charge on any atom is -0.356 e. The number of halogens is 3. The molecule has 1 heterocycles. The second kappa shape index (κ2) is 6.19. The van der Waals surface area contributed by atoms with Crippen molar-refractivity contribution in [1.29, 1.82) is 0 Å². The van der Waals surface area contributed by atoms with Gasteiger partial charge in [-0.25, -0.2) is 0 Å². The van der Waals surface area contributed by atoms with Crippen molar-refractivity contribution in [3.8, 4) is 0 Å². The molecular formula is C18H27F3N2O. The van der Waals surface area contributed by atoms with Crippen LogP contribution in [0.2, 0.25) is 0 Å². The Morgan fingerprint density at radius 3 is 2.25 bits per heavy atom. The molecule has 4 bridgehead atoms. The van der Waals surface area contributed by atoms with Crippen LogP contribution in [-0.4, -0.2) is 43.2 Å². The van der Waals surface area contributed by atoms with E-state index in [9.17, 15) is 18.0 Å². The molecule has 0 aromatic rings. The number of hydrogen-bond acceptors (Lipinski definition) is 2. The van der Waals surface area contributed by atoms with Gasteiger partial charge in [-0.1, -0.05) is 0 Å². The van der Waals surface area contributed by atoms with Gasteiger partial charge in [0.15, 0.2) is 0 Å². The van der Waals surface area contributed by atoms with Gasteiger partial charge in [0.1, 0.15) is 0 Å². The molecule has 0 aromatic heterocycles. The first-order valence-corrected chi connectivity index (χ1v) is 9.44. The number of amides is 1. The molecule has 6 heteroatoms. The lowest BCUT2D eigenvalue weighted by Crippen LogP contribution is -2.51. The molecule has 0 aromatic carbocycles. The highest BCUT2D eigenvalue weighted by molar-refractivity contribution is 5.79. The summed E-state index contributed by atoms with van der Waals surface area (Å²) in [5.74, 6) is 3.33. The van der Waals surface area contributed by atoms with E-state index in [0.717, 1.165) is 18.3 Å². The van der Waals surface area contributed by atoms with E-state index in [-0.39, 0.29) is 17.7 Å². The van der Waals surface area contributed by atoms with Gasteiger partial charge in [0.25, 0.3) is 0 Å². The molecular weight excluding hydrogens is 317 g/mol. The maximum atomic E-state index is 12.7. The molecule has 5 rings (SSSR count). The van der Waals surface area contributed by atoms with Crippen LogP contribution in [0.25, 0.3) is 0 Å². The number of likely N-dealkylation sites (tertiary alicyclic amines) is 1. The smallest absolute Gasteiger partial charge is 0.356 e. The Hall–Kier alpha value is -0.780. The summed E-state index contributed by atoms with van der Waals surface area (Å²) in [4.78, 5) is 14.2. The fraction of sp³-hybridized carbons (Fsp3) is 0.944. The molecule has 4 saturated carbocycles. The largest absolute Gasteiger partial charge is 0.401 e. The molecule has 5 aliphatic rings. The Bertz CT molecular complexity index is 465. The number of nitrogens with one attached hydrogen (secondary N) is 1. The fourth-order valence-electron chi connectivity index (χ4n) is 6.19. The standard InChI is InChI=1S/C18H27F3N2O/c19-18(20,21)10-23-2-1-11(9-23)8-22-17(24)16-14-4-12-3-13(6-14)7-15(16)5-12/h11-16H,1-10H2,(H,22,24)/t11-,12?,13?,14?,15?,16?/m1/s1. The quantitative estimate of drug-likeness (QED) is 0.850. The Labute approximate surface area is 141 Å². The minimum atomic E-state index is -4.13. The SMILES string of the molecule is O=C(NC[C@H]1CCN(CC(F)(F)F)C1)C1C2CC3CC(C2)CC1C3. The molecule has 136 valence electrons. The normalized spacial score (nSPS) is 41.8. The molecule has 24 heavy (non-hydrogen) atoms. The van der Waals surface area contributed by atoms with E-state index < -0.39 is 12.7 Å². The summed E-state index contributed by atoms with van der Waals surface area (Å²) in [6.45, 7) is 0.641. The van der Waals surface area contributed by atoms with E-state index >= 15 is 0 Å². The van der Waals surface area contributed by atoms with Gasteiger partial charge in [-0.05, 0) is 74.7 Å². The monoisotopic (exact) mass is 344 g/mol. The van der Waals surface area contributed by atoms with Gasteiger partial charge in [-0.15, -0.1) is 0 Å². The Morgan fingerprint density at radius 2 is 1.67 bits per heavy atom. The van der Waals surface area contributed by atoms with Crippen LogP contribution in [0.15, 0.2) is 0 Å². The number of nitrogens with zero attached hydrogens (tertiary/aromatic N) is 1. The number of carbonyl (C=O) groups is 1. The van der Waals surface area contributed by atoms with Crippen LogP contribution in [0.1, 0.15) is 38.5 Å². The lowest BCUT2D eigenvalue weighted by Gasteiger charge is -2.53. The fourth-order valence-corrected chi connectivity index (χ4v) is 6.19. The predicted octanol–water partition coefficient (Wildman–Crippen LogP) is 3.06. The molecule has 0 spiro atoms. The maximum Gasteiger partial charge on any atom is 0.401 e. The van der Waals surface area contributed by atoms with Crippen LogP contribution in [0.4, 0.5) is 13.2 Å². The van der Waals surface area contributed by atoms with Gasteiger partial charge < -0.3 is 5.32 Å². The van der Waals surface area contributed by atoms with Crippen molar-refractivity contribution in [2.75, 3.05) is 26.2 Å². The van der Waals surface area contributed by atoms with Crippen LogP contribution < -0.4 is 5.32 Å². The van der Waals surface area contributed by atoms with Crippen molar-refractivity contribution in [3.63, 3.8) is 0 Å². The van der Waals surface area contributed by atoms with Crippen molar-refractivity contribution < 1.29 is 18.0 Å². The van der Waals surface area contributed by atoms with Crippen LogP contribution in [0, 0.1) is 35.5 Å². The summed E-state index contributed by atoms with van der Waals surface area (Å²) in [5.41, 5.74) is 0. The summed E-state index contributed by atoms with van der Waals surface area (Å²) in [6.07, 6.45) is 2.86. The van der Waals surface area contributed by atoms with Gasteiger partial charge in [0.05, 0.1) is 6.54 Å². The van der Waals surface area contributed by atoms with Gasteiger partial charge in [-0.3, -0.25) is 9.69 Å². The van der Waals surface area contributed by atoms with Gasteiger partial charge in [0, 0.05) is 19.0 Å². The first kappa shape index (κ1) is 16.7. The molecule has 5 fully saturated rings. The zero-order valence-corrected chi connectivity index (χ0v) is 14.0. The summed E-state index contributed by atoms with van der Waals surface area (Å²) >= 11 is 0. The third-order valence-corrected chi connectivity index (χ3v) is 6.87. The van der Waals surface area contributed by atoms with Crippen LogP contribution >= 0.6 is 0 Å². The Morgan fingerprint density at radius 1 is 1.04 bits per heavy atom. The second-order valence-corrected chi connectivity index (χ2v) is 8.71. The topological polar surface area (TPSA) is 32.3 Å².